The summed E-state index contributed by atoms with van der Waals surface area (Å²) in [6, 6.07) is 11.0. The fraction of sp³-hybridized carbons (Fsp3) is 0.250. The van der Waals surface area contributed by atoms with Gasteiger partial charge in [0.25, 0.3) is 0 Å². The predicted octanol–water partition coefficient (Wildman–Crippen LogP) is 3.56. The summed E-state index contributed by atoms with van der Waals surface area (Å²) in [6.07, 6.45) is 3.22. The van der Waals surface area contributed by atoms with E-state index in [1.54, 1.807) is 12.1 Å². The summed E-state index contributed by atoms with van der Waals surface area (Å²) in [5.74, 6) is 1.16. The van der Waals surface area contributed by atoms with Crippen LogP contribution in [0.4, 0.5) is 11.4 Å². The van der Waals surface area contributed by atoms with E-state index in [4.69, 9.17) is 25.8 Å². The summed E-state index contributed by atoms with van der Waals surface area (Å²) in [5, 5.41) is 3.49. The number of morpholine rings is 1. The van der Waals surface area contributed by atoms with Crippen molar-refractivity contribution in [1.82, 2.24) is 0 Å². The summed E-state index contributed by atoms with van der Waals surface area (Å²) < 4.78 is 16.0. The van der Waals surface area contributed by atoms with Crippen LogP contribution in [-0.4, -0.2) is 39.0 Å². The van der Waals surface area contributed by atoms with Crippen LogP contribution in [0.25, 0.3) is 6.08 Å². The van der Waals surface area contributed by atoms with E-state index >= 15 is 0 Å². The van der Waals surface area contributed by atoms with Crippen LogP contribution in [0.5, 0.6) is 11.5 Å². The molecule has 0 unspecified atom stereocenters. The van der Waals surface area contributed by atoms with Crippen LogP contribution in [0.2, 0.25) is 5.02 Å². The molecule has 4 rings (SSSR count). The van der Waals surface area contributed by atoms with Crippen molar-refractivity contribution < 1.29 is 19.0 Å². The SMILES string of the molecule is O=C(/C=C/c1ccc2c(c1)OCO2)Nc1cc(Cl)ccc1N1CCOCC1. The molecule has 2 heterocycles. The van der Waals surface area contributed by atoms with E-state index in [1.807, 2.05) is 30.3 Å². The van der Waals surface area contributed by atoms with Crippen molar-refractivity contribution >= 4 is 35.0 Å². The normalized spacial score (nSPS) is 16.0. The van der Waals surface area contributed by atoms with Gasteiger partial charge in [0.1, 0.15) is 0 Å². The first-order valence-corrected chi connectivity index (χ1v) is 9.08. The van der Waals surface area contributed by atoms with Gasteiger partial charge in [0, 0.05) is 24.2 Å². The molecular weight excluding hydrogens is 368 g/mol. The van der Waals surface area contributed by atoms with Crippen LogP contribution in [0.1, 0.15) is 5.56 Å². The number of nitrogens with one attached hydrogen (secondary N) is 1. The molecule has 2 aliphatic heterocycles. The molecule has 1 fully saturated rings. The summed E-state index contributed by atoms with van der Waals surface area (Å²) in [5.41, 5.74) is 2.48. The molecule has 7 heteroatoms. The zero-order valence-corrected chi connectivity index (χ0v) is 15.4. The van der Waals surface area contributed by atoms with Gasteiger partial charge >= 0.3 is 0 Å². The van der Waals surface area contributed by atoms with Gasteiger partial charge in [0.15, 0.2) is 11.5 Å². The fourth-order valence-electron chi connectivity index (χ4n) is 3.05. The number of rotatable bonds is 4. The lowest BCUT2D eigenvalue weighted by atomic mass is 10.2. The molecule has 2 aliphatic rings. The van der Waals surface area contributed by atoms with E-state index in [9.17, 15) is 4.79 Å². The Hall–Kier alpha value is -2.70. The third-order valence-corrected chi connectivity index (χ3v) is 4.63. The van der Waals surface area contributed by atoms with Gasteiger partial charge in [-0.05, 0) is 42.0 Å². The second kappa shape index (κ2) is 7.90. The van der Waals surface area contributed by atoms with Crippen molar-refractivity contribution in [2.45, 2.75) is 0 Å². The van der Waals surface area contributed by atoms with Crippen LogP contribution in [-0.2, 0) is 9.53 Å². The summed E-state index contributed by atoms with van der Waals surface area (Å²) in [6.45, 7) is 3.11. The molecule has 27 heavy (non-hydrogen) atoms. The second-order valence-electron chi connectivity index (χ2n) is 6.20. The maximum atomic E-state index is 12.4. The maximum Gasteiger partial charge on any atom is 0.248 e. The predicted molar refractivity (Wildman–Crippen MR) is 105 cm³/mol. The highest BCUT2D eigenvalue weighted by atomic mass is 35.5. The Morgan fingerprint density at radius 2 is 1.89 bits per heavy atom. The monoisotopic (exact) mass is 386 g/mol. The lowest BCUT2D eigenvalue weighted by Gasteiger charge is -2.30. The molecule has 0 aromatic heterocycles. The van der Waals surface area contributed by atoms with E-state index in [0.29, 0.717) is 35.4 Å². The van der Waals surface area contributed by atoms with Crippen molar-refractivity contribution in [2.75, 3.05) is 43.3 Å². The molecule has 2 aromatic rings. The number of hydrogen-bond donors (Lipinski definition) is 1. The zero-order valence-electron chi connectivity index (χ0n) is 14.6. The highest BCUT2D eigenvalue weighted by Crippen LogP contribution is 2.33. The van der Waals surface area contributed by atoms with E-state index in [-0.39, 0.29) is 12.7 Å². The van der Waals surface area contributed by atoms with Gasteiger partial charge in [-0.2, -0.15) is 0 Å². The Kier molecular flexibility index (Phi) is 5.18. The maximum absolute atomic E-state index is 12.4. The number of fused-ring (bicyclic) bond motifs is 1. The molecule has 0 aliphatic carbocycles. The quantitative estimate of drug-likeness (QED) is 0.814. The number of benzene rings is 2. The minimum absolute atomic E-state index is 0.224. The smallest absolute Gasteiger partial charge is 0.248 e. The van der Waals surface area contributed by atoms with Gasteiger partial charge in [-0.25, -0.2) is 0 Å². The van der Waals surface area contributed by atoms with E-state index in [1.165, 1.54) is 6.08 Å². The summed E-state index contributed by atoms with van der Waals surface area (Å²) in [4.78, 5) is 14.6. The Balaban J connectivity index is 1.48. The van der Waals surface area contributed by atoms with Crippen molar-refractivity contribution in [3.8, 4) is 11.5 Å². The van der Waals surface area contributed by atoms with Gasteiger partial charge in [-0.1, -0.05) is 17.7 Å². The van der Waals surface area contributed by atoms with Crippen LogP contribution >= 0.6 is 11.6 Å². The van der Waals surface area contributed by atoms with Gasteiger partial charge in [-0.3, -0.25) is 4.79 Å². The largest absolute Gasteiger partial charge is 0.454 e. The van der Waals surface area contributed by atoms with Gasteiger partial charge < -0.3 is 24.4 Å². The minimum atomic E-state index is -0.232. The van der Waals surface area contributed by atoms with E-state index in [2.05, 4.69) is 10.2 Å². The minimum Gasteiger partial charge on any atom is -0.454 e. The number of ether oxygens (including phenoxy) is 3. The number of carbonyl (C=O) groups excluding carboxylic acids is 1. The van der Waals surface area contributed by atoms with Crippen LogP contribution < -0.4 is 19.7 Å². The molecule has 1 N–H and O–H groups in total. The van der Waals surface area contributed by atoms with Crippen molar-refractivity contribution in [1.29, 1.82) is 0 Å². The number of amides is 1. The Labute approximate surface area is 162 Å². The molecule has 2 aromatic carbocycles. The van der Waals surface area contributed by atoms with Crippen LogP contribution in [0, 0.1) is 0 Å². The number of carbonyl (C=O) groups is 1. The standard InChI is InChI=1S/C20H19ClN2O4/c21-15-3-4-17(23-7-9-25-10-8-23)16(12-15)22-20(24)6-2-14-1-5-18-19(11-14)27-13-26-18/h1-6,11-12H,7-10,13H2,(H,22,24)/b6-2+. The first-order valence-electron chi connectivity index (χ1n) is 8.70. The van der Waals surface area contributed by atoms with Crippen molar-refractivity contribution in [3.05, 3.63) is 53.1 Å². The molecule has 0 radical (unpaired) electrons. The average Bonchev–Trinajstić information content (AvgIpc) is 3.15. The number of halogens is 1. The molecule has 1 saturated heterocycles. The Bertz CT molecular complexity index is 878. The second-order valence-corrected chi connectivity index (χ2v) is 6.63. The molecule has 140 valence electrons. The lowest BCUT2D eigenvalue weighted by Crippen LogP contribution is -2.36. The number of hydrogen-bond acceptors (Lipinski definition) is 5. The number of nitrogens with zero attached hydrogens (tertiary/aromatic N) is 1. The van der Waals surface area contributed by atoms with Crippen molar-refractivity contribution in [3.63, 3.8) is 0 Å². The van der Waals surface area contributed by atoms with E-state index < -0.39 is 0 Å². The molecule has 1 amide bonds. The first-order chi connectivity index (χ1) is 13.2. The molecule has 0 atom stereocenters. The van der Waals surface area contributed by atoms with Gasteiger partial charge in [0.05, 0.1) is 24.6 Å². The average molecular weight is 387 g/mol. The fourth-order valence-corrected chi connectivity index (χ4v) is 3.22. The Morgan fingerprint density at radius 1 is 1.07 bits per heavy atom. The van der Waals surface area contributed by atoms with E-state index in [0.717, 1.165) is 24.3 Å². The number of anilines is 2. The van der Waals surface area contributed by atoms with Gasteiger partial charge in [-0.15, -0.1) is 0 Å². The highest BCUT2D eigenvalue weighted by molar-refractivity contribution is 6.31. The first kappa shape index (κ1) is 17.7. The van der Waals surface area contributed by atoms with Crippen LogP contribution in [0.3, 0.4) is 0 Å². The molecule has 0 spiro atoms. The summed E-state index contributed by atoms with van der Waals surface area (Å²) in [7, 11) is 0. The lowest BCUT2D eigenvalue weighted by molar-refractivity contribution is -0.111. The molecule has 0 saturated carbocycles. The molecule has 0 bridgehead atoms. The molecular formula is C20H19ClN2O4. The highest BCUT2D eigenvalue weighted by Gasteiger charge is 2.16. The van der Waals surface area contributed by atoms with Gasteiger partial charge in [0.2, 0.25) is 12.7 Å². The topological polar surface area (TPSA) is 60.0 Å². The van der Waals surface area contributed by atoms with Crippen LogP contribution in [0.15, 0.2) is 42.5 Å². The third kappa shape index (κ3) is 4.18. The third-order valence-electron chi connectivity index (χ3n) is 4.39. The summed E-state index contributed by atoms with van der Waals surface area (Å²) >= 11 is 6.13. The van der Waals surface area contributed by atoms with Crippen molar-refractivity contribution in [2.24, 2.45) is 0 Å². The molecule has 6 nitrogen and oxygen atoms in total. The zero-order chi connectivity index (χ0) is 18.6. The Morgan fingerprint density at radius 3 is 2.74 bits per heavy atom.